The van der Waals surface area contributed by atoms with E-state index in [-0.39, 0.29) is 0 Å². The van der Waals surface area contributed by atoms with Crippen LogP contribution in [0, 0.1) is 0 Å². The number of nitrogens with zero attached hydrogens (tertiary/aromatic N) is 1. The molecule has 36 heavy (non-hydrogen) atoms. The molecule has 0 amide bonds. The van der Waals surface area contributed by atoms with E-state index in [9.17, 15) is 10.2 Å². The molecule has 1 aromatic rings. The van der Waals surface area contributed by atoms with Crippen molar-refractivity contribution in [1.29, 1.82) is 0 Å². The van der Waals surface area contributed by atoms with Gasteiger partial charge in [-0.05, 0) is 24.7 Å². The summed E-state index contributed by atoms with van der Waals surface area (Å²) in [4.78, 5) is 1.07. The molecule has 140 valence electrons. The largest absolute Gasteiger partial charge is 0.509 e. The number of rotatable bonds is 4. The van der Waals surface area contributed by atoms with Crippen molar-refractivity contribution in [2.24, 2.45) is 0 Å². The van der Waals surface area contributed by atoms with Crippen LogP contribution in [-0.2, 0) is 5.31 Å². The van der Waals surface area contributed by atoms with E-state index >= 15 is 0 Å². The van der Waals surface area contributed by atoms with Gasteiger partial charge in [-0.3, -0.25) is 0 Å². The lowest BCUT2D eigenvalue weighted by Crippen LogP contribution is -2.85. The van der Waals surface area contributed by atoms with E-state index in [2.05, 4.69) is 0 Å². The molecule has 3 nitrogen and oxygen atoms in total. The van der Waals surface area contributed by atoms with E-state index in [1.807, 2.05) is 0 Å². The molecule has 1 atom stereocenters. The fraction of sp³-hybridized carbons (Fsp3) is 0.625. The fourth-order valence-electron chi connectivity index (χ4n) is 4.88. The zero-order chi connectivity index (χ0) is 29.0. The van der Waals surface area contributed by atoms with E-state index in [0.29, 0.717) is 0 Å². The van der Waals surface area contributed by atoms with E-state index in [4.69, 9.17) is 133 Å². The Morgan fingerprint density at radius 2 is 0.861 bits per heavy atom. The Hall–Kier alpha value is 0.0439. The second-order valence-electron chi connectivity index (χ2n) is 9.96. The van der Waals surface area contributed by atoms with Crippen LogP contribution in [0.1, 0.15) is 5.56 Å². The lowest BCUT2D eigenvalue weighted by Gasteiger charge is -2.84. The summed E-state index contributed by atoms with van der Waals surface area (Å²) in [5.74, 6) is -0.725. The average Bonchev–Trinajstić information content (AvgIpc) is 2.73. The highest BCUT2D eigenvalue weighted by Gasteiger charge is 2.76. The van der Waals surface area contributed by atoms with Crippen LogP contribution in [0.25, 0.3) is 0 Å². The molecule has 1 saturated carbocycles. The molecule has 0 spiro atoms. The molecule has 1 aliphatic carbocycles. The summed E-state index contributed by atoms with van der Waals surface area (Å²) in [5, 5.41) is 2.81. The lowest BCUT2D eigenvalue weighted by atomic mass is 8.97. The van der Waals surface area contributed by atoms with Crippen molar-refractivity contribution >= 4 is 155 Å². The number of phenols is 1. The smallest absolute Gasteiger partial charge is 0.118 e. The van der Waals surface area contributed by atoms with Crippen LogP contribution in [0.5, 0.6) is 5.75 Å². The molecule has 2 N–H and O–H groups in total. The van der Waals surface area contributed by atoms with Crippen molar-refractivity contribution in [2.75, 3.05) is 14.1 Å². The number of benzene rings is 1. The molecular formula is C16H8B17NO2. The summed E-state index contributed by atoms with van der Waals surface area (Å²) >= 11 is 0. The zero-order valence-corrected chi connectivity index (χ0v) is 20.2. The van der Waals surface area contributed by atoms with Crippen LogP contribution in [-0.4, -0.2) is 174 Å². The third-order valence-electron chi connectivity index (χ3n) is 7.90. The van der Waals surface area contributed by atoms with Crippen molar-refractivity contribution in [3.8, 4) is 5.75 Å². The van der Waals surface area contributed by atoms with Gasteiger partial charge in [-0.2, -0.15) is 0 Å². The van der Waals surface area contributed by atoms with Crippen molar-refractivity contribution in [3.05, 3.63) is 5.56 Å². The Labute approximate surface area is 237 Å². The molecule has 0 aliphatic heterocycles. The quantitative estimate of drug-likeness (QED) is 0.467. The highest BCUT2D eigenvalue weighted by molar-refractivity contribution is 6.71. The van der Waals surface area contributed by atoms with Crippen molar-refractivity contribution in [1.82, 2.24) is 4.90 Å². The van der Waals surface area contributed by atoms with Crippen LogP contribution in [0.2, 0.25) is 26.1 Å². The van der Waals surface area contributed by atoms with E-state index in [1.165, 1.54) is 14.1 Å². The van der Waals surface area contributed by atoms with Gasteiger partial charge in [0.05, 0.1) is 108 Å². The minimum atomic E-state index is -3.44. The zero-order valence-electron chi connectivity index (χ0n) is 20.2. The molecule has 34 radical (unpaired) electrons. The van der Waals surface area contributed by atoms with Gasteiger partial charge in [-0.25, -0.2) is 0 Å². The highest BCUT2D eigenvalue weighted by Crippen LogP contribution is 2.83. The molecule has 2 rings (SSSR count). The number of aliphatic hydroxyl groups is 1. The van der Waals surface area contributed by atoms with Gasteiger partial charge in [-0.1, -0.05) is 37.8 Å². The van der Waals surface area contributed by atoms with Gasteiger partial charge in [0.1, 0.15) is 31.4 Å². The standard InChI is InChI=1S/C16H8B17NO2/c1-34(2)16(32,33)9(21,3-4(17)6(19)8(35)7(20)5(3)18)10(36)11(22,23)13(26,27)15(30,31)14(28,29)12(10,24)25/h35-36H,1-2H3. The monoisotopic (exact) mass is 433 g/mol. The molecule has 0 bridgehead atoms. The molecule has 1 fully saturated rings. The van der Waals surface area contributed by atoms with Gasteiger partial charge in [0, 0.05) is 5.60 Å². The van der Waals surface area contributed by atoms with Crippen molar-refractivity contribution in [3.63, 3.8) is 0 Å². The normalized spacial score (nSPS) is 25.0. The summed E-state index contributed by atoms with van der Waals surface area (Å²) in [6, 6.07) is 0. The maximum absolute atomic E-state index is 12.6. The van der Waals surface area contributed by atoms with E-state index in [1.54, 1.807) is 0 Å². The molecule has 1 aromatic carbocycles. The Morgan fingerprint density at radius 3 is 1.14 bits per heavy atom. The Balaban J connectivity index is 3.39. The first-order valence-corrected chi connectivity index (χ1v) is 10.2. The molecule has 0 aromatic heterocycles. The molecule has 20 heteroatoms. The second-order valence-corrected chi connectivity index (χ2v) is 9.96. The number of likely N-dealkylation sites (N-methyl/N-ethyl adjacent to an activating group) is 1. The van der Waals surface area contributed by atoms with Crippen LogP contribution >= 0.6 is 0 Å². The number of aromatic hydroxyl groups is 1. The van der Waals surface area contributed by atoms with Gasteiger partial charge < -0.3 is 15.1 Å². The third-order valence-corrected chi connectivity index (χ3v) is 7.90. The van der Waals surface area contributed by atoms with Gasteiger partial charge in [-0.15, -0.1) is 15.6 Å². The Kier molecular flexibility index (Phi) is 7.63. The average molecular weight is 430 g/mol. The van der Waals surface area contributed by atoms with Crippen LogP contribution in [0.3, 0.4) is 0 Å². The first kappa shape index (κ1) is 32.3. The summed E-state index contributed by atoms with van der Waals surface area (Å²) in [7, 11) is 109. The summed E-state index contributed by atoms with van der Waals surface area (Å²) in [6.07, 6.45) is 0. The number of phenolic OH excluding ortho intramolecular Hbond substituents is 1. The summed E-state index contributed by atoms with van der Waals surface area (Å²) < 4.78 is 0. The molecule has 0 heterocycles. The minimum absolute atomic E-state index is 0.551. The maximum atomic E-state index is 12.6. The van der Waals surface area contributed by atoms with Crippen LogP contribution < -0.4 is 21.9 Å². The molecule has 1 aliphatic rings. The topological polar surface area (TPSA) is 43.7 Å². The second kappa shape index (κ2) is 8.52. The number of hydrogen-bond donors (Lipinski definition) is 2. The van der Waals surface area contributed by atoms with E-state index < -0.39 is 75.5 Å². The van der Waals surface area contributed by atoms with Crippen LogP contribution in [0.4, 0.5) is 0 Å². The van der Waals surface area contributed by atoms with E-state index in [0.717, 1.165) is 4.90 Å². The maximum Gasteiger partial charge on any atom is 0.118 e. The SMILES string of the molecule is [B]c1c([B])c(C([B])(C([B])([B])N(C)C)C2(O)C([B])([B])C([B])([B])C([B])([B])C([B])([B])C2([B])[B])c([B])c([B])c1O. The number of hydrogen-bond acceptors (Lipinski definition) is 3. The van der Waals surface area contributed by atoms with Gasteiger partial charge in [0.25, 0.3) is 0 Å². The van der Waals surface area contributed by atoms with Crippen molar-refractivity contribution < 1.29 is 10.2 Å². The lowest BCUT2D eigenvalue weighted by molar-refractivity contribution is -0.0887. The first-order valence-electron chi connectivity index (χ1n) is 10.2. The van der Waals surface area contributed by atoms with Crippen LogP contribution in [0.15, 0.2) is 0 Å². The van der Waals surface area contributed by atoms with Gasteiger partial charge in [0.15, 0.2) is 0 Å². The minimum Gasteiger partial charge on any atom is -0.509 e. The molecule has 0 saturated heterocycles. The molecular weight excluding hydrogens is 422 g/mol. The summed E-state index contributed by atoms with van der Waals surface area (Å²) in [5.41, 5.74) is -6.32. The predicted octanol–water partition coefficient (Wildman–Crippen LogP) is -8.51. The highest BCUT2D eigenvalue weighted by atomic mass is 16.3. The third kappa shape index (κ3) is 3.18. The van der Waals surface area contributed by atoms with Gasteiger partial charge in [0.2, 0.25) is 0 Å². The van der Waals surface area contributed by atoms with Gasteiger partial charge >= 0.3 is 0 Å². The first-order chi connectivity index (χ1) is 15.6. The Morgan fingerprint density at radius 1 is 0.583 bits per heavy atom. The predicted molar refractivity (Wildman–Crippen MR) is 161 cm³/mol. The summed E-state index contributed by atoms with van der Waals surface area (Å²) in [6.45, 7) is 0. The Bertz CT molecular complexity index is 1030. The van der Waals surface area contributed by atoms with Crippen molar-refractivity contribution in [2.45, 2.75) is 42.3 Å². The fourth-order valence-corrected chi connectivity index (χ4v) is 4.88. The molecule has 1 unspecified atom stereocenters.